The number of anilines is 1. The van der Waals surface area contributed by atoms with Crippen LogP contribution in [0.5, 0.6) is 0 Å². The second-order valence-electron chi connectivity index (χ2n) is 5.43. The number of aliphatic carboxylic acids is 1. The summed E-state index contributed by atoms with van der Waals surface area (Å²) in [6, 6.07) is 11.4. The van der Waals surface area contributed by atoms with E-state index in [1.165, 1.54) is 23.9 Å². The van der Waals surface area contributed by atoms with Gasteiger partial charge in [0.05, 0.1) is 5.75 Å². The number of hydrogen-bond acceptors (Lipinski definition) is 4. The van der Waals surface area contributed by atoms with Crippen LogP contribution in [0.4, 0.5) is 5.69 Å². The van der Waals surface area contributed by atoms with Gasteiger partial charge in [-0.2, -0.15) is 0 Å². The number of carbonyl (C=O) groups is 3. The number of carboxylic acids is 1. The molecular weight excluding hydrogens is 411 g/mol. The fraction of sp³-hybridized carbons (Fsp3) is 0.167. The molecule has 3 N–H and O–H groups in total. The summed E-state index contributed by atoms with van der Waals surface area (Å²) in [7, 11) is 0. The minimum absolute atomic E-state index is 0.187. The van der Waals surface area contributed by atoms with Gasteiger partial charge in [-0.15, -0.1) is 11.8 Å². The topological polar surface area (TPSA) is 95.5 Å². The van der Waals surface area contributed by atoms with Gasteiger partial charge in [-0.3, -0.25) is 14.4 Å². The zero-order valence-corrected chi connectivity index (χ0v) is 16.3. The van der Waals surface area contributed by atoms with E-state index in [1.54, 1.807) is 24.3 Å². The molecule has 0 aromatic heterocycles. The molecule has 0 aliphatic rings. The Morgan fingerprint density at radius 2 is 1.74 bits per heavy atom. The normalized spacial score (nSPS) is 10.3. The van der Waals surface area contributed by atoms with Gasteiger partial charge in [-0.05, 0) is 42.0 Å². The number of benzene rings is 2. The lowest BCUT2D eigenvalue weighted by Gasteiger charge is -2.08. The second kappa shape index (κ2) is 10.2. The third kappa shape index (κ3) is 7.13. The first kappa shape index (κ1) is 21.1. The Morgan fingerprint density at radius 1 is 1.04 bits per heavy atom. The maximum atomic E-state index is 12.0. The number of amides is 2. The first-order valence-corrected chi connectivity index (χ1v) is 9.68. The summed E-state index contributed by atoms with van der Waals surface area (Å²) in [5.74, 6) is -0.991. The number of hydrogen-bond donors (Lipinski definition) is 3. The Balaban J connectivity index is 1.80. The average molecular weight is 427 g/mol. The molecule has 9 heteroatoms. The van der Waals surface area contributed by atoms with Crippen LogP contribution in [0.25, 0.3) is 0 Å². The van der Waals surface area contributed by atoms with Crippen LogP contribution in [0, 0.1) is 0 Å². The van der Waals surface area contributed by atoms with Crippen molar-refractivity contribution in [2.75, 3.05) is 17.6 Å². The van der Waals surface area contributed by atoms with Crippen molar-refractivity contribution in [2.24, 2.45) is 0 Å². The highest BCUT2D eigenvalue weighted by Gasteiger charge is 2.09. The van der Waals surface area contributed by atoms with E-state index < -0.39 is 18.4 Å². The molecule has 0 aliphatic carbocycles. The molecule has 0 saturated heterocycles. The van der Waals surface area contributed by atoms with Gasteiger partial charge in [0.2, 0.25) is 5.91 Å². The standard InChI is InChI=1S/C18H16Cl2N2O4S/c19-13-4-1-12(15(20)7-13)9-27-10-16(23)22-14-5-2-11(3-6-14)18(26)21-8-17(24)25/h1-7H,8-10H2,(H,21,26)(H,22,23)(H,24,25). The Labute approximate surface area is 170 Å². The van der Waals surface area contributed by atoms with Crippen molar-refractivity contribution >= 4 is 58.4 Å². The van der Waals surface area contributed by atoms with Gasteiger partial charge in [0.25, 0.3) is 5.91 Å². The van der Waals surface area contributed by atoms with E-state index in [4.69, 9.17) is 28.3 Å². The fourth-order valence-electron chi connectivity index (χ4n) is 2.05. The van der Waals surface area contributed by atoms with E-state index >= 15 is 0 Å². The van der Waals surface area contributed by atoms with Crippen molar-refractivity contribution < 1.29 is 19.5 Å². The molecule has 0 saturated carbocycles. The molecule has 2 rings (SSSR count). The summed E-state index contributed by atoms with van der Waals surface area (Å²) in [4.78, 5) is 34.2. The monoisotopic (exact) mass is 426 g/mol. The van der Waals surface area contributed by atoms with Crippen molar-refractivity contribution in [3.63, 3.8) is 0 Å². The van der Waals surface area contributed by atoms with Crippen LogP contribution in [-0.4, -0.2) is 35.2 Å². The van der Waals surface area contributed by atoms with Crippen LogP contribution in [0.1, 0.15) is 15.9 Å². The van der Waals surface area contributed by atoms with Gasteiger partial charge in [0.1, 0.15) is 6.54 Å². The molecule has 0 atom stereocenters. The smallest absolute Gasteiger partial charge is 0.322 e. The minimum atomic E-state index is -1.12. The quantitative estimate of drug-likeness (QED) is 0.598. The van der Waals surface area contributed by atoms with Crippen molar-refractivity contribution in [2.45, 2.75) is 5.75 Å². The van der Waals surface area contributed by atoms with Gasteiger partial charge in [-0.25, -0.2) is 0 Å². The summed E-state index contributed by atoms with van der Waals surface area (Å²) in [6.07, 6.45) is 0. The molecule has 0 heterocycles. The van der Waals surface area contributed by atoms with E-state index in [1.807, 2.05) is 6.07 Å². The predicted octanol–water partition coefficient (Wildman–Crippen LogP) is 3.68. The van der Waals surface area contributed by atoms with Crippen LogP contribution >= 0.6 is 35.0 Å². The lowest BCUT2D eigenvalue weighted by molar-refractivity contribution is -0.135. The van der Waals surface area contributed by atoms with Crippen LogP contribution in [0.3, 0.4) is 0 Å². The number of carboxylic acid groups (broad SMARTS) is 1. The summed E-state index contributed by atoms with van der Waals surface area (Å²) < 4.78 is 0. The Kier molecular flexibility index (Phi) is 7.97. The third-order valence-electron chi connectivity index (χ3n) is 3.34. The van der Waals surface area contributed by atoms with Gasteiger partial charge in [0.15, 0.2) is 0 Å². The number of carbonyl (C=O) groups excluding carboxylic acids is 2. The minimum Gasteiger partial charge on any atom is -0.480 e. The number of rotatable bonds is 8. The maximum Gasteiger partial charge on any atom is 0.322 e. The fourth-order valence-corrected chi connectivity index (χ4v) is 3.44. The Hall–Kier alpha value is -2.22. The van der Waals surface area contributed by atoms with Gasteiger partial charge in [0, 0.05) is 27.0 Å². The molecule has 27 heavy (non-hydrogen) atoms. The molecule has 0 bridgehead atoms. The molecule has 0 unspecified atom stereocenters. The SMILES string of the molecule is O=C(O)CNC(=O)c1ccc(NC(=O)CSCc2ccc(Cl)cc2Cl)cc1. The van der Waals surface area contributed by atoms with Crippen molar-refractivity contribution in [1.29, 1.82) is 0 Å². The number of halogens is 2. The lowest BCUT2D eigenvalue weighted by atomic mass is 10.2. The van der Waals surface area contributed by atoms with Crippen LogP contribution in [0.2, 0.25) is 10.0 Å². The highest BCUT2D eigenvalue weighted by molar-refractivity contribution is 7.99. The summed E-state index contributed by atoms with van der Waals surface area (Å²) in [5, 5.41) is 14.7. The van der Waals surface area contributed by atoms with Gasteiger partial charge < -0.3 is 15.7 Å². The molecule has 142 valence electrons. The number of thioether (sulfide) groups is 1. The number of nitrogens with one attached hydrogen (secondary N) is 2. The average Bonchev–Trinajstić information content (AvgIpc) is 2.62. The largest absolute Gasteiger partial charge is 0.480 e. The highest BCUT2D eigenvalue weighted by atomic mass is 35.5. The summed E-state index contributed by atoms with van der Waals surface area (Å²) in [5.41, 5.74) is 1.75. The highest BCUT2D eigenvalue weighted by Crippen LogP contribution is 2.24. The molecule has 0 fully saturated rings. The van der Waals surface area contributed by atoms with Crippen molar-refractivity contribution in [3.05, 3.63) is 63.6 Å². The molecule has 6 nitrogen and oxygen atoms in total. The zero-order valence-electron chi connectivity index (χ0n) is 14.0. The second-order valence-corrected chi connectivity index (χ2v) is 7.26. The van der Waals surface area contributed by atoms with E-state index in [0.29, 0.717) is 27.0 Å². The predicted molar refractivity (Wildman–Crippen MR) is 108 cm³/mol. The van der Waals surface area contributed by atoms with Crippen molar-refractivity contribution in [1.82, 2.24) is 5.32 Å². The molecule has 2 amide bonds. The van der Waals surface area contributed by atoms with Gasteiger partial charge in [-0.1, -0.05) is 29.3 Å². The third-order valence-corrected chi connectivity index (χ3v) is 4.91. The Morgan fingerprint density at radius 3 is 2.37 bits per heavy atom. The molecule has 2 aromatic carbocycles. The summed E-state index contributed by atoms with van der Waals surface area (Å²) in [6.45, 7) is -0.452. The van der Waals surface area contributed by atoms with Crippen LogP contribution in [0.15, 0.2) is 42.5 Å². The van der Waals surface area contributed by atoms with Gasteiger partial charge >= 0.3 is 5.97 Å². The molecule has 0 aliphatic heterocycles. The lowest BCUT2D eigenvalue weighted by Crippen LogP contribution is -2.29. The Bertz CT molecular complexity index is 844. The van der Waals surface area contributed by atoms with Crippen LogP contribution < -0.4 is 10.6 Å². The van der Waals surface area contributed by atoms with Crippen molar-refractivity contribution in [3.8, 4) is 0 Å². The molecule has 2 aromatic rings. The molecule has 0 spiro atoms. The molecular formula is C18H16Cl2N2O4S. The van der Waals surface area contributed by atoms with E-state index in [9.17, 15) is 14.4 Å². The first-order chi connectivity index (χ1) is 12.8. The van der Waals surface area contributed by atoms with E-state index in [2.05, 4.69) is 10.6 Å². The van der Waals surface area contributed by atoms with Crippen LogP contribution in [-0.2, 0) is 15.3 Å². The zero-order chi connectivity index (χ0) is 19.8. The molecule has 0 radical (unpaired) electrons. The maximum absolute atomic E-state index is 12.0. The van der Waals surface area contributed by atoms with E-state index in [-0.39, 0.29) is 11.7 Å². The van der Waals surface area contributed by atoms with E-state index in [0.717, 1.165) is 5.56 Å². The first-order valence-electron chi connectivity index (χ1n) is 7.76. The summed E-state index contributed by atoms with van der Waals surface area (Å²) >= 11 is 13.4.